The fraction of sp³-hybridized carbons (Fsp3) is 0.188. The molecule has 20 heavy (non-hydrogen) atoms. The lowest BCUT2D eigenvalue weighted by molar-refractivity contribution is 0.473. The Morgan fingerprint density at radius 1 is 1.05 bits per heavy atom. The zero-order valence-electron chi connectivity index (χ0n) is 11.6. The van der Waals surface area contributed by atoms with Crippen molar-refractivity contribution >= 4 is 23.5 Å². The van der Waals surface area contributed by atoms with Crippen LogP contribution in [0.15, 0.2) is 29.3 Å². The molecule has 0 bridgehead atoms. The summed E-state index contributed by atoms with van der Waals surface area (Å²) in [5, 5.41) is 20.4. The fourth-order valence-corrected chi connectivity index (χ4v) is 2.15. The lowest BCUT2D eigenvalue weighted by Crippen LogP contribution is -1.92. The number of rotatable bonds is 2. The number of nitrogens with zero attached hydrogens (tertiary/aromatic N) is 1. The molecule has 0 saturated heterocycles. The van der Waals surface area contributed by atoms with Crippen LogP contribution in [0.1, 0.15) is 22.3 Å². The van der Waals surface area contributed by atoms with Crippen LogP contribution in [0.3, 0.4) is 0 Å². The first-order valence-corrected chi connectivity index (χ1v) is 6.60. The van der Waals surface area contributed by atoms with E-state index in [0.717, 1.165) is 16.7 Å². The normalized spacial score (nSPS) is 11.2. The Bertz CT molecular complexity index is 693. The summed E-state index contributed by atoms with van der Waals surface area (Å²) in [5.74, 6) is 0.233. The molecule has 2 aromatic carbocycles. The Labute approximate surface area is 123 Å². The van der Waals surface area contributed by atoms with E-state index in [0.29, 0.717) is 16.3 Å². The quantitative estimate of drug-likeness (QED) is 0.804. The number of hydrogen-bond donors (Lipinski definition) is 2. The highest BCUT2D eigenvalue weighted by Crippen LogP contribution is 2.31. The van der Waals surface area contributed by atoms with Crippen LogP contribution in [0.2, 0.25) is 5.02 Å². The molecule has 2 aromatic rings. The predicted octanol–water partition coefficient (Wildman–Crippen LogP) is 4.43. The number of phenols is 2. The average Bonchev–Trinajstić information content (AvgIpc) is 2.38. The van der Waals surface area contributed by atoms with Crippen molar-refractivity contribution in [2.45, 2.75) is 20.8 Å². The highest BCUT2D eigenvalue weighted by atomic mass is 35.5. The lowest BCUT2D eigenvalue weighted by atomic mass is 10.0. The molecule has 3 nitrogen and oxygen atoms in total. The van der Waals surface area contributed by atoms with Crippen molar-refractivity contribution in [2.75, 3.05) is 0 Å². The van der Waals surface area contributed by atoms with Crippen LogP contribution in [0.4, 0.5) is 5.69 Å². The van der Waals surface area contributed by atoms with Gasteiger partial charge in [0.25, 0.3) is 0 Å². The molecule has 0 radical (unpaired) electrons. The first-order valence-electron chi connectivity index (χ1n) is 6.22. The minimum atomic E-state index is 0.108. The summed E-state index contributed by atoms with van der Waals surface area (Å²) in [6.07, 6.45) is 1.51. The van der Waals surface area contributed by atoms with Gasteiger partial charge in [-0.3, -0.25) is 4.99 Å². The van der Waals surface area contributed by atoms with Crippen molar-refractivity contribution in [3.8, 4) is 11.5 Å². The lowest BCUT2D eigenvalue weighted by Gasteiger charge is -2.09. The molecule has 0 aliphatic rings. The summed E-state index contributed by atoms with van der Waals surface area (Å²) >= 11 is 6.17. The highest BCUT2D eigenvalue weighted by molar-refractivity contribution is 6.32. The molecule has 104 valence electrons. The Hall–Kier alpha value is -2.00. The molecule has 0 fully saturated rings. The molecule has 0 saturated carbocycles. The van der Waals surface area contributed by atoms with Crippen molar-refractivity contribution in [3.05, 3.63) is 51.5 Å². The van der Waals surface area contributed by atoms with Crippen LogP contribution in [0, 0.1) is 20.8 Å². The topological polar surface area (TPSA) is 52.8 Å². The van der Waals surface area contributed by atoms with Crippen molar-refractivity contribution in [1.82, 2.24) is 0 Å². The third-order valence-corrected chi connectivity index (χ3v) is 3.75. The van der Waals surface area contributed by atoms with Crippen LogP contribution >= 0.6 is 11.6 Å². The van der Waals surface area contributed by atoms with E-state index in [-0.39, 0.29) is 11.5 Å². The van der Waals surface area contributed by atoms with E-state index in [2.05, 4.69) is 4.99 Å². The number of phenolic OH excluding ortho intramolecular Hbond substituents is 2. The number of benzene rings is 2. The summed E-state index contributed by atoms with van der Waals surface area (Å²) in [4.78, 5) is 4.22. The van der Waals surface area contributed by atoms with Crippen molar-refractivity contribution in [3.63, 3.8) is 0 Å². The number of halogens is 1. The second-order valence-corrected chi connectivity index (χ2v) is 5.19. The van der Waals surface area contributed by atoms with Gasteiger partial charge >= 0.3 is 0 Å². The van der Waals surface area contributed by atoms with E-state index in [4.69, 9.17) is 11.6 Å². The molecule has 0 spiro atoms. The van der Waals surface area contributed by atoms with E-state index in [1.807, 2.05) is 26.8 Å². The molecule has 4 heteroatoms. The molecule has 0 unspecified atom stereocenters. The van der Waals surface area contributed by atoms with Gasteiger partial charge in [-0.15, -0.1) is 0 Å². The van der Waals surface area contributed by atoms with E-state index >= 15 is 0 Å². The van der Waals surface area contributed by atoms with Crippen molar-refractivity contribution in [1.29, 1.82) is 0 Å². The van der Waals surface area contributed by atoms with Crippen LogP contribution < -0.4 is 0 Å². The third-order valence-electron chi connectivity index (χ3n) is 3.17. The Balaban J connectivity index is 2.44. The van der Waals surface area contributed by atoms with Gasteiger partial charge in [0.15, 0.2) is 0 Å². The monoisotopic (exact) mass is 289 g/mol. The standard InChI is InChI=1S/C16H16ClNO2/c1-9-4-5-13(15(20)6-9)18-8-12-11(3)16(17)10(2)7-14(12)19/h4-8,19-20H,1-3H3. The first-order chi connectivity index (χ1) is 9.40. The van der Waals surface area contributed by atoms with E-state index in [1.54, 1.807) is 18.2 Å². The summed E-state index contributed by atoms with van der Waals surface area (Å²) in [6.45, 7) is 5.55. The average molecular weight is 290 g/mol. The Morgan fingerprint density at radius 3 is 2.40 bits per heavy atom. The number of aromatic hydroxyl groups is 2. The number of hydrogen-bond acceptors (Lipinski definition) is 3. The minimum Gasteiger partial charge on any atom is -0.507 e. The van der Waals surface area contributed by atoms with Gasteiger partial charge in [0.05, 0.1) is 0 Å². The molecule has 0 amide bonds. The van der Waals surface area contributed by atoms with E-state index in [1.165, 1.54) is 6.21 Å². The molecular formula is C16H16ClNO2. The smallest absolute Gasteiger partial charge is 0.141 e. The van der Waals surface area contributed by atoms with Gasteiger partial charge in [-0.25, -0.2) is 0 Å². The molecule has 2 rings (SSSR count). The largest absolute Gasteiger partial charge is 0.507 e. The maximum atomic E-state index is 9.98. The molecule has 2 N–H and O–H groups in total. The molecule has 0 heterocycles. The minimum absolute atomic E-state index is 0.108. The van der Waals surface area contributed by atoms with Gasteiger partial charge in [0, 0.05) is 16.8 Å². The first kappa shape index (κ1) is 14.4. The van der Waals surface area contributed by atoms with Gasteiger partial charge in [-0.1, -0.05) is 17.7 Å². The maximum absolute atomic E-state index is 9.98. The summed E-state index contributed by atoms with van der Waals surface area (Å²) in [5.41, 5.74) is 3.54. The fourth-order valence-electron chi connectivity index (χ4n) is 1.99. The summed E-state index contributed by atoms with van der Waals surface area (Å²) in [7, 11) is 0. The number of aryl methyl sites for hydroxylation is 2. The van der Waals surface area contributed by atoms with Crippen LogP contribution in [0.5, 0.6) is 11.5 Å². The predicted molar refractivity (Wildman–Crippen MR) is 82.7 cm³/mol. The Morgan fingerprint density at radius 2 is 1.75 bits per heavy atom. The van der Waals surface area contributed by atoms with E-state index in [9.17, 15) is 10.2 Å². The van der Waals surface area contributed by atoms with Crippen molar-refractivity contribution in [2.24, 2.45) is 4.99 Å². The zero-order chi connectivity index (χ0) is 14.9. The summed E-state index contributed by atoms with van der Waals surface area (Å²) < 4.78 is 0. The van der Waals surface area contributed by atoms with Gasteiger partial charge in [-0.2, -0.15) is 0 Å². The van der Waals surface area contributed by atoms with E-state index < -0.39 is 0 Å². The van der Waals surface area contributed by atoms with Crippen LogP contribution in [0.25, 0.3) is 0 Å². The summed E-state index contributed by atoms with van der Waals surface area (Å²) in [6, 6.07) is 6.83. The molecule has 0 aliphatic carbocycles. The van der Waals surface area contributed by atoms with Gasteiger partial charge in [-0.05, 0) is 55.7 Å². The second-order valence-electron chi connectivity index (χ2n) is 4.82. The van der Waals surface area contributed by atoms with Gasteiger partial charge < -0.3 is 10.2 Å². The maximum Gasteiger partial charge on any atom is 0.141 e. The zero-order valence-corrected chi connectivity index (χ0v) is 12.4. The van der Waals surface area contributed by atoms with Crippen LogP contribution in [-0.4, -0.2) is 16.4 Å². The molecular weight excluding hydrogens is 274 g/mol. The Kier molecular flexibility index (Phi) is 4.00. The SMILES string of the molecule is Cc1ccc(N=Cc2c(O)cc(C)c(Cl)c2C)c(O)c1. The molecule has 0 aliphatic heterocycles. The highest BCUT2D eigenvalue weighted by Gasteiger charge is 2.10. The third kappa shape index (κ3) is 2.78. The van der Waals surface area contributed by atoms with Crippen LogP contribution in [-0.2, 0) is 0 Å². The number of aliphatic imine (C=N–C) groups is 1. The molecule has 0 aromatic heterocycles. The molecule has 0 atom stereocenters. The van der Waals surface area contributed by atoms with Crippen molar-refractivity contribution < 1.29 is 10.2 Å². The van der Waals surface area contributed by atoms with Gasteiger partial charge in [0.1, 0.15) is 17.2 Å². The second kappa shape index (κ2) is 5.55. The van der Waals surface area contributed by atoms with Gasteiger partial charge in [0.2, 0.25) is 0 Å².